The normalized spacial score (nSPS) is 13.3. The minimum Gasteiger partial charge on any atom is -0.465 e. The maximum absolute atomic E-state index is 12.2. The van der Waals surface area contributed by atoms with Crippen molar-refractivity contribution >= 4 is 23.6 Å². The standard InChI is InChI=1S/C18H19NO2S/c1-21-18(20)17-15-10-6-5-7-13(15)11-12-16(17)19-22-14-8-3-2-4-9-14/h2-4,8-9,11-12,19H,5-7,10H2,1H3. The molecule has 0 aromatic heterocycles. The second-order valence-corrected chi connectivity index (χ2v) is 6.22. The fourth-order valence-corrected chi connectivity index (χ4v) is 3.54. The van der Waals surface area contributed by atoms with Crippen LogP contribution in [0.15, 0.2) is 47.4 Å². The van der Waals surface area contributed by atoms with E-state index in [0.717, 1.165) is 35.4 Å². The number of benzene rings is 2. The van der Waals surface area contributed by atoms with Gasteiger partial charge in [-0.15, -0.1) is 0 Å². The first-order valence-electron chi connectivity index (χ1n) is 7.50. The van der Waals surface area contributed by atoms with Gasteiger partial charge in [0.25, 0.3) is 0 Å². The van der Waals surface area contributed by atoms with E-state index in [0.29, 0.717) is 5.56 Å². The lowest BCUT2D eigenvalue weighted by molar-refractivity contribution is 0.0600. The van der Waals surface area contributed by atoms with Gasteiger partial charge < -0.3 is 9.46 Å². The minimum atomic E-state index is -0.255. The highest BCUT2D eigenvalue weighted by Crippen LogP contribution is 2.32. The van der Waals surface area contributed by atoms with Crippen molar-refractivity contribution in [1.82, 2.24) is 0 Å². The Labute approximate surface area is 135 Å². The van der Waals surface area contributed by atoms with E-state index in [9.17, 15) is 4.79 Å². The summed E-state index contributed by atoms with van der Waals surface area (Å²) >= 11 is 1.51. The maximum Gasteiger partial charge on any atom is 0.340 e. The van der Waals surface area contributed by atoms with Gasteiger partial charge in [-0.05, 0) is 67.0 Å². The van der Waals surface area contributed by atoms with E-state index in [-0.39, 0.29) is 5.97 Å². The van der Waals surface area contributed by atoms with Gasteiger partial charge in [-0.3, -0.25) is 0 Å². The van der Waals surface area contributed by atoms with Crippen molar-refractivity contribution < 1.29 is 9.53 Å². The summed E-state index contributed by atoms with van der Waals surface area (Å²) in [7, 11) is 1.44. The van der Waals surface area contributed by atoms with Crippen LogP contribution in [-0.2, 0) is 17.6 Å². The van der Waals surface area contributed by atoms with Crippen LogP contribution in [0.3, 0.4) is 0 Å². The van der Waals surface area contributed by atoms with Crippen molar-refractivity contribution in [2.24, 2.45) is 0 Å². The Balaban J connectivity index is 1.91. The largest absolute Gasteiger partial charge is 0.465 e. The molecule has 0 atom stereocenters. The number of carbonyl (C=O) groups is 1. The molecule has 0 saturated carbocycles. The molecule has 0 fully saturated rings. The Hall–Kier alpha value is -1.94. The average molecular weight is 313 g/mol. The average Bonchev–Trinajstić information content (AvgIpc) is 2.59. The van der Waals surface area contributed by atoms with E-state index in [1.54, 1.807) is 0 Å². The summed E-state index contributed by atoms with van der Waals surface area (Å²) in [5.41, 5.74) is 3.96. The van der Waals surface area contributed by atoms with Crippen LogP contribution < -0.4 is 4.72 Å². The van der Waals surface area contributed by atoms with Crippen molar-refractivity contribution in [1.29, 1.82) is 0 Å². The van der Waals surface area contributed by atoms with Crippen molar-refractivity contribution in [2.45, 2.75) is 30.6 Å². The van der Waals surface area contributed by atoms with E-state index in [4.69, 9.17) is 4.74 Å². The number of fused-ring (bicyclic) bond motifs is 1. The second-order valence-electron chi connectivity index (χ2n) is 5.34. The van der Waals surface area contributed by atoms with Gasteiger partial charge in [0.1, 0.15) is 0 Å². The van der Waals surface area contributed by atoms with Gasteiger partial charge in [0.2, 0.25) is 0 Å². The van der Waals surface area contributed by atoms with Crippen molar-refractivity contribution in [2.75, 3.05) is 11.8 Å². The summed E-state index contributed by atoms with van der Waals surface area (Å²) in [4.78, 5) is 13.4. The van der Waals surface area contributed by atoms with Gasteiger partial charge in [-0.25, -0.2) is 4.79 Å². The summed E-state index contributed by atoms with van der Waals surface area (Å²) in [6.45, 7) is 0. The van der Waals surface area contributed by atoms with Gasteiger partial charge >= 0.3 is 5.97 Å². The zero-order chi connectivity index (χ0) is 15.4. The van der Waals surface area contributed by atoms with Crippen LogP contribution in [0, 0.1) is 0 Å². The van der Waals surface area contributed by atoms with Gasteiger partial charge in [0, 0.05) is 4.90 Å². The van der Waals surface area contributed by atoms with Crippen molar-refractivity contribution in [3.8, 4) is 0 Å². The molecule has 0 bridgehead atoms. The van der Waals surface area contributed by atoms with E-state index in [1.807, 2.05) is 36.4 Å². The van der Waals surface area contributed by atoms with Gasteiger partial charge in [-0.2, -0.15) is 0 Å². The highest BCUT2D eigenvalue weighted by molar-refractivity contribution is 8.00. The Morgan fingerprint density at radius 1 is 1.09 bits per heavy atom. The van der Waals surface area contributed by atoms with E-state index in [1.165, 1.54) is 31.0 Å². The highest BCUT2D eigenvalue weighted by Gasteiger charge is 2.22. The fourth-order valence-electron chi connectivity index (χ4n) is 2.85. The number of carbonyl (C=O) groups excluding carboxylic acids is 1. The number of hydrogen-bond acceptors (Lipinski definition) is 4. The van der Waals surface area contributed by atoms with Crippen molar-refractivity contribution in [3.63, 3.8) is 0 Å². The topological polar surface area (TPSA) is 38.3 Å². The van der Waals surface area contributed by atoms with Crippen LogP contribution in [0.2, 0.25) is 0 Å². The Morgan fingerprint density at radius 3 is 2.64 bits per heavy atom. The molecule has 114 valence electrons. The Kier molecular flexibility index (Phi) is 4.68. The lowest BCUT2D eigenvalue weighted by Crippen LogP contribution is -2.14. The molecular weight excluding hydrogens is 294 g/mol. The number of anilines is 1. The summed E-state index contributed by atoms with van der Waals surface area (Å²) in [5, 5.41) is 0. The third-order valence-electron chi connectivity index (χ3n) is 3.94. The Bertz CT molecular complexity index is 670. The van der Waals surface area contributed by atoms with Crippen LogP contribution >= 0.6 is 11.9 Å². The first-order valence-corrected chi connectivity index (χ1v) is 8.32. The molecule has 3 nitrogen and oxygen atoms in total. The van der Waals surface area contributed by atoms with Gasteiger partial charge in [-0.1, -0.05) is 24.3 Å². The van der Waals surface area contributed by atoms with Crippen LogP contribution in [0.25, 0.3) is 0 Å². The number of nitrogens with one attached hydrogen (secondary N) is 1. The number of rotatable bonds is 4. The second kappa shape index (κ2) is 6.88. The molecular formula is C18H19NO2S. The summed E-state index contributed by atoms with van der Waals surface area (Å²) in [6.07, 6.45) is 4.32. The summed E-state index contributed by atoms with van der Waals surface area (Å²) in [6, 6.07) is 14.2. The number of esters is 1. The molecule has 0 saturated heterocycles. The predicted molar refractivity (Wildman–Crippen MR) is 90.3 cm³/mol. The van der Waals surface area contributed by atoms with Crippen molar-refractivity contribution in [3.05, 3.63) is 59.2 Å². The van der Waals surface area contributed by atoms with E-state index < -0.39 is 0 Å². The molecule has 0 unspecified atom stereocenters. The SMILES string of the molecule is COC(=O)c1c(NSc2ccccc2)ccc2c1CCCC2. The molecule has 0 aliphatic heterocycles. The molecule has 0 heterocycles. The molecule has 0 radical (unpaired) electrons. The third-order valence-corrected chi connectivity index (χ3v) is 4.77. The lowest BCUT2D eigenvalue weighted by Gasteiger charge is -2.21. The molecule has 0 amide bonds. The zero-order valence-corrected chi connectivity index (χ0v) is 13.4. The van der Waals surface area contributed by atoms with Crippen LogP contribution in [0.4, 0.5) is 5.69 Å². The van der Waals surface area contributed by atoms with Gasteiger partial charge in [0.05, 0.1) is 18.4 Å². The molecule has 22 heavy (non-hydrogen) atoms. The molecule has 3 rings (SSSR count). The van der Waals surface area contributed by atoms with Gasteiger partial charge in [0.15, 0.2) is 0 Å². The fraction of sp³-hybridized carbons (Fsp3) is 0.278. The monoisotopic (exact) mass is 313 g/mol. The number of methoxy groups -OCH3 is 1. The molecule has 0 spiro atoms. The summed E-state index contributed by atoms with van der Waals surface area (Å²) < 4.78 is 8.32. The quantitative estimate of drug-likeness (QED) is 0.667. The van der Waals surface area contributed by atoms with E-state index in [2.05, 4.69) is 10.8 Å². The minimum absolute atomic E-state index is 0.255. The first kappa shape index (κ1) is 15.0. The predicted octanol–water partition coefficient (Wildman–Crippen LogP) is 4.47. The molecule has 2 aromatic rings. The summed E-state index contributed by atoms with van der Waals surface area (Å²) in [5.74, 6) is -0.255. The van der Waals surface area contributed by atoms with Crippen LogP contribution in [-0.4, -0.2) is 13.1 Å². The first-order chi connectivity index (χ1) is 10.8. The number of aryl methyl sites for hydroxylation is 1. The molecule has 4 heteroatoms. The van der Waals surface area contributed by atoms with Crippen LogP contribution in [0.5, 0.6) is 0 Å². The maximum atomic E-state index is 12.2. The Morgan fingerprint density at radius 2 is 1.86 bits per heavy atom. The number of ether oxygens (including phenoxy) is 1. The smallest absolute Gasteiger partial charge is 0.340 e. The molecule has 1 N–H and O–H groups in total. The highest BCUT2D eigenvalue weighted by atomic mass is 32.2. The molecule has 2 aromatic carbocycles. The molecule has 1 aliphatic carbocycles. The zero-order valence-electron chi connectivity index (χ0n) is 12.6. The van der Waals surface area contributed by atoms with E-state index >= 15 is 0 Å². The third kappa shape index (κ3) is 3.12. The lowest BCUT2D eigenvalue weighted by atomic mass is 9.87. The number of hydrogen-bond donors (Lipinski definition) is 1. The van der Waals surface area contributed by atoms with Crippen LogP contribution in [0.1, 0.15) is 34.3 Å². The molecule has 1 aliphatic rings.